The first-order valence-corrected chi connectivity index (χ1v) is 10.4. The van der Waals surface area contributed by atoms with E-state index < -0.39 is 10.4 Å². The lowest BCUT2D eigenvalue weighted by Crippen LogP contribution is -2.31. The van der Waals surface area contributed by atoms with Gasteiger partial charge in [0.2, 0.25) is 10.4 Å². The van der Waals surface area contributed by atoms with Crippen molar-refractivity contribution in [1.82, 2.24) is 10.4 Å². The Labute approximate surface area is 177 Å². The number of nitrogens with zero attached hydrogens (tertiary/aromatic N) is 5. The van der Waals surface area contributed by atoms with Gasteiger partial charge in [0.1, 0.15) is 12.4 Å². The van der Waals surface area contributed by atoms with Crippen LogP contribution in [0.25, 0.3) is 0 Å². The van der Waals surface area contributed by atoms with Crippen LogP contribution < -0.4 is 10.3 Å². The number of hydrogen-bond acceptors (Lipinski definition) is 9. The minimum Gasteiger partial charge on any atom is -0.726 e. The average Bonchev–Trinajstić information content (AvgIpc) is 3.05. The molecule has 0 aromatic heterocycles. The van der Waals surface area contributed by atoms with Crippen LogP contribution in [-0.4, -0.2) is 63.4 Å². The van der Waals surface area contributed by atoms with Gasteiger partial charge in [-0.05, 0) is 29.8 Å². The fraction of sp³-hybridized carbons (Fsp3) is 0.316. The van der Waals surface area contributed by atoms with Crippen molar-refractivity contribution in [3.63, 3.8) is 0 Å². The zero-order valence-electron chi connectivity index (χ0n) is 17.4. The molecule has 0 radical (unpaired) electrons. The van der Waals surface area contributed by atoms with E-state index in [1.165, 1.54) is 5.56 Å². The number of anilines is 1. The molecule has 1 N–H and O–H groups in total. The Morgan fingerprint density at radius 1 is 1.17 bits per heavy atom. The van der Waals surface area contributed by atoms with Crippen LogP contribution in [0, 0.1) is 0 Å². The van der Waals surface area contributed by atoms with Gasteiger partial charge in [0, 0.05) is 24.4 Å². The van der Waals surface area contributed by atoms with Crippen LogP contribution in [0.2, 0.25) is 0 Å². The molecule has 10 nitrogen and oxygen atoms in total. The summed E-state index contributed by atoms with van der Waals surface area (Å²) in [6.45, 7) is 1.62. The van der Waals surface area contributed by atoms with Gasteiger partial charge < -0.3 is 9.45 Å². The monoisotopic (exact) mass is 434 g/mol. The third-order valence-electron chi connectivity index (χ3n) is 4.20. The Morgan fingerprint density at radius 3 is 2.27 bits per heavy atom. The Balaban J connectivity index is 0.000000469. The molecule has 0 fully saturated rings. The molecule has 0 saturated heterocycles. The van der Waals surface area contributed by atoms with E-state index in [1.54, 1.807) is 0 Å². The summed E-state index contributed by atoms with van der Waals surface area (Å²) < 4.78 is 33.0. The molecule has 30 heavy (non-hydrogen) atoms. The molecule has 1 aliphatic rings. The van der Waals surface area contributed by atoms with Crippen LogP contribution in [0.15, 0.2) is 64.8 Å². The Kier molecular flexibility index (Phi) is 8.42. The van der Waals surface area contributed by atoms with Crippen LogP contribution in [0.5, 0.6) is 0 Å². The average molecular weight is 435 g/mol. The first-order valence-electron chi connectivity index (χ1n) is 9.03. The summed E-state index contributed by atoms with van der Waals surface area (Å²) in [4.78, 5) is 2.22. The van der Waals surface area contributed by atoms with Gasteiger partial charge in [0.05, 0.1) is 21.2 Å². The molecule has 11 heteroatoms. The summed E-state index contributed by atoms with van der Waals surface area (Å²) in [5, 5.41) is 10.5. The van der Waals surface area contributed by atoms with Crippen LogP contribution in [0.1, 0.15) is 5.56 Å². The highest BCUT2D eigenvalue weighted by atomic mass is 32.3. The van der Waals surface area contributed by atoms with Gasteiger partial charge in [0.25, 0.3) is 0 Å². The number of benzene rings is 2. The van der Waals surface area contributed by atoms with Crippen molar-refractivity contribution < 1.29 is 21.7 Å². The smallest absolute Gasteiger partial charge is 0.430 e. The summed E-state index contributed by atoms with van der Waals surface area (Å²) in [5.74, 6) is 0.806. The van der Waals surface area contributed by atoms with E-state index in [9.17, 15) is 13.0 Å². The fourth-order valence-corrected chi connectivity index (χ4v) is 2.58. The van der Waals surface area contributed by atoms with Crippen molar-refractivity contribution in [2.24, 2.45) is 10.2 Å². The maximum absolute atomic E-state index is 9.22. The van der Waals surface area contributed by atoms with Gasteiger partial charge in [-0.3, -0.25) is 4.18 Å². The zero-order chi connectivity index (χ0) is 22.1. The van der Waals surface area contributed by atoms with E-state index in [0.29, 0.717) is 0 Å². The molecule has 0 atom stereocenters. The first kappa shape index (κ1) is 23.4. The van der Waals surface area contributed by atoms with Crippen molar-refractivity contribution in [1.29, 1.82) is 0 Å². The second-order valence-corrected chi connectivity index (χ2v) is 7.66. The molecule has 1 heterocycles. The van der Waals surface area contributed by atoms with Crippen molar-refractivity contribution in [3.8, 4) is 0 Å². The molecule has 0 spiro atoms. The third-order valence-corrected chi connectivity index (χ3v) is 4.61. The van der Waals surface area contributed by atoms with Crippen LogP contribution in [0.4, 0.5) is 11.4 Å². The van der Waals surface area contributed by atoms with Crippen LogP contribution in [-0.2, 0) is 21.1 Å². The quantitative estimate of drug-likeness (QED) is 0.331. The lowest BCUT2D eigenvalue weighted by molar-refractivity contribution is -0.493. The largest absolute Gasteiger partial charge is 0.726 e. The first-order chi connectivity index (χ1) is 14.2. The third kappa shape index (κ3) is 7.52. The van der Waals surface area contributed by atoms with Crippen molar-refractivity contribution in [2.45, 2.75) is 6.54 Å². The molecule has 162 valence electrons. The second-order valence-electron chi connectivity index (χ2n) is 6.51. The number of guanidine groups is 1. The van der Waals surface area contributed by atoms with Crippen LogP contribution >= 0.6 is 0 Å². The maximum atomic E-state index is 9.22. The summed E-state index contributed by atoms with van der Waals surface area (Å²) in [6.07, 6.45) is 0. The maximum Gasteiger partial charge on any atom is 0.430 e. The fourth-order valence-electron chi connectivity index (χ4n) is 2.58. The second kappa shape index (κ2) is 10.8. The molecule has 3 rings (SSSR count). The van der Waals surface area contributed by atoms with Gasteiger partial charge in [-0.1, -0.05) is 35.4 Å². The molecule has 0 bridgehead atoms. The molecule has 0 saturated carbocycles. The predicted octanol–water partition coefficient (Wildman–Crippen LogP) is 1.91. The molecule has 0 unspecified atom stereocenters. The normalized spacial score (nSPS) is 14.1. The zero-order valence-corrected chi connectivity index (χ0v) is 18.2. The summed E-state index contributed by atoms with van der Waals surface area (Å²) in [7, 11) is 2.40. The van der Waals surface area contributed by atoms with E-state index in [0.717, 1.165) is 37.7 Å². The van der Waals surface area contributed by atoms with E-state index >= 15 is 0 Å². The van der Waals surface area contributed by atoms with Crippen molar-refractivity contribution >= 4 is 27.7 Å². The topological polar surface area (TPSA) is 113 Å². The Bertz CT molecular complexity index is 978. The lowest BCUT2D eigenvalue weighted by Gasteiger charge is -2.19. The van der Waals surface area contributed by atoms with Crippen molar-refractivity contribution in [2.75, 3.05) is 39.8 Å². The summed E-state index contributed by atoms with van der Waals surface area (Å²) in [5.41, 5.74) is 6.45. The van der Waals surface area contributed by atoms with Gasteiger partial charge in [-0.2, -0.15) is 5.01 Å². The molecule has 0 amide bonds. The Morgan fingerprint density at radius 2 is 1.77 bits per heavy atom. The number of hydrazine groups is 1. The number of rotatable bonds is 5. The Hall–Kier alpha value is -2.86. The number of hydrogen-bond donors (Lipinski definition) is 1. The molecular weight excluding hydrogens is 408 g/mol. The minimum atomic E-state index is -4.41. The molecule has 2 aromatic rings. The molecule has 1 aliphatic heterocycles. The molecular formula is C19H26N6O4S. The SMILES string of the molecule is CN1NC[N+](C)=C1N=Nc1ccc(N(C)Cc2ccccc2)cc1.COS(=O)(=O)[O-]. The summed E-state index contributed by atoms with van der Waals surface area (Å²) in [6, 6.07) is 18.6. The highest BCUT2D eigenvalue weighted by Gasteiger charge is 2.24. The lowest BCUT2D eigenvalue weighted by atomic mass is 10.2. The standard InChI is InChI=1S/C18H23N6.CH4O4S/c1-22(13-15-7-5-4-6-8-15)17-11-9-16(10-12-17)20-21-18-23(2)14-19-24(18)3;1-5-6(2,3)4/h4-12,19H,13-14H2,1-3H3;1H3,(H,2,3,4)/q+1;/p-1. The molecule has 2 aromatic carbocycles. The van der Waals surface area contributed by atoms with Gasteiger partial charge in [0.15, 0.2) is 0 Å². The van der Waals surface area contributed by atoms with Gasteiger partial charge in [-0.25, -0.2) is 13.0 Å². The summed E-state index contributed by atoms with van der Waals surface area (Å²) >= 11 is 0. The van der Waals surface area contributed by atoms with Gasteiger partial charge >= 0.3 is 5.96 Å². The van der Waals surface area contributed by atoms with E-state index in [4.69, 9.17) is 0 Å². The minimum absolute atomic E-state index is 0.744. The molecule has 0 aliphatic carbocycles. The van der Waals surface area contributed by atoms with Crippen molar-refractivity contribution in [3.05, 3.63) is 60.2 Å². The highest BCUT2D eigenvalue weighted by Crippen LogP contribution is 2.21. The van der Waals surface area contributed by atoms with Crippen LogP contribution in [0.3, 0.4) is 0 Å². The number of nitrogens with one attached hydrogen (secondary N) is 1. The van der Waals surface area contributed by atoms with E-state index in [1.807, 2.05) is 41.9 Å². The number of azo groups is 1. The van der Waals surface area contributed by atoms with E-state index in [-0.39, 0.29) is 0 Å². The predicted molar refractivity (Wildman–Crippen MR) is 113 cm³/mol. The van der Waals surface area contributed by atoms with Gasteiger partial charge in [-0.15, -0.1) is 5.43 Å². The van der Waals surface area contributed by atoms with E-state index in [2.05, 4.69) is 68.2 Å². The highest BCUT2D eigenvalue weighted by molar-refractivity contribution is 7.80.